The highest BCUT2D eigenvalue weighted by Gasteiger charge is 2.31. The highest BCUT2D eigenvalue weighted by molar-refractivity contribution is 5.81. The molecule has 0 spiro atoms. The van der Waals surface area contributed by atoms with E-state index in [0.717, 1.165) is 31.6 Å². The summed E-state index contributed by atoms with van der Waals surface area (Å²) in [6, 6.07) is 0.362. The van der Waals surface area contributed by atoms with Crippen molar-refractivity contribution in [3.8, 4) is 0 Å². The lowest BCUT2D eigenvalue weighted by molar-refractivity contribution is -0.132. The van der Waals surface area contributed by atoms with Gasteiger partial charge in [0.05, 0.1) is 6.10 Å². The van der Waals surface area contributed by atoms with E-state index in [4.69, 9.17) is 10.5 Å². The normalized spacial score (nSPS) is 35.3. The van der Waals surface area contributed by atoms with Gasteiger partial charge in [-0.3, -0.25) is 4.79 Å². The molecule has 2 atom stereocenters. The van der Waals surface area contributed by atoms with Crippen LogP contribution in [0.2, 0.25) is 0 Å². The molecule has 4 heteroatoms. The average Bonchev–Trinajstić information content (AvgIpc) is 2.90. The first kappa shape index (κ1) is 14.8. The summed E-state index contributed by atoms with van der Waals surface area (Å²) in [4.78, 5) is 12.1. The van der Waals surface area contributed by atoms with Crippen LogP contribution in [0.15, 0.2) is 0 Å². The van der Waals surface area contributed by atoms with Gasteiger partial charge in [-0.15, -0.1) is 0 Å². The lowest BCUT2D eigenvalue weighted by atomic mass is 9.83. The molecule has 19 heavy (non-hydrogen) atoms. The predicted octanol–water partition coefficient (Wildman–Crippen LogP) is 1.97. The predicted molar refractivity (Wildman–Crippen MR) is 75.7 cm³/mol. The summed E-state index contributed by atoms with van der Waals surface area (Å²) in [6.07, 6.45) is 8.94. The summed E-state index contributed by atoms with van der Waals surface area (Å²) in [7, 11) is 0. The summed E-state index contributed by atoms with van der Waals surface area (Å²) >= 11 is 0. The van der Waals surface area contributed by atoms with E-state index in [1.54, 1.807) is 0 Å². The fraction of sp³-hybridized carbons (Fsp3) is 0.933. The molecule has 1 saturated heterocycles. The van der Waals surface area contributed by atoms with Crippen molar-refractivity contribution in [2.75, 3.05) is 6.54 Å². The van der Waals surface area contributed by atoms with Crippen LogP contribution in [0.1, 0.15) is 58.3 Å². The SMILES string of the molecule is CCCC1CCC(NC(=O)C2CCC(CN)O2)CC1. The Morgan fingerprint density at radius 2 is 1.95 bits per heavy atom. The number of carbonyl (C=O) groups excluding carboxylic acids is 1. The molecule has 4 nitrogen and oxygen atoms in total. The molecule has 2 fully saturated rings. The third-order valence-corrected chi connectivity index (χ3v) is 4.55. The second kappa shape index (κ2) is 7.25. The minimum absolute atomic E-state index is 0.0786. The van der Waals surface area contributed by atoms with Crippen molar-refractivity contribution in [2.45, 2.75) is 76.5 Å². The second-order valence-electron chi connectivity index (χ2n) is 6.07. The maximum Gasteiger partial charge on any atom is 0.249 e. The number of amides is 1. The minimum atomic E-state index is -0.262. The molecule has 2 aliphatic rings. The van der Waals surface area contributed by atoms with Gasteiger partial charge < -0.3 is 15.8 Å². The van der Waals surface area contributed by atoms with Gasteiger partial charge in [-0.05, 0) is 44.4 Å². The first-order chi connectivity index (χ1) is 9.22. The van der Waals surface area contributed by atoms with Gasteiger partial charge >= 0.3 is 0 Å². The van der Waals surface area contributed by atoms with Crippen molar-refractivity contribution < 1.29 is 9.53 Å². The van der Waals surface area contributed by atoms with E-state index in [2.05, 4.69) is 12.2 Å². The van der Waals surface area contributed by atoms with Crippen LogP contribution < -0.4 is 11.1 Å². The van der Waals surface area contributed by atoms with E-state index in [1.807, 2.05) is 0 Å². The van der Waals surface area contributed by atoms with Crippen molar-refractivity contribution in [3.05, 3.63) is 0 Å². The number of rotatable bonds is 5. The highest BCUT2D eigenvalue weighted by atomic mass is 16.5. The molecule has 0 aromatic heterocycles. The summed E-state index contributed by atoms with van der Waals surface area (Å²) in [5.41, 5.74) is 5.57. The molecule has 0 bridgehead atoms. The van der Waals surface area contributed by atoms with Gasteiger partial charge in [0.25, 0.3) is 0 Å². The topological polar surface area (TPSA) is 64.4 Å². The molecule has 0 radical (unpaired) electrons. The standard InChI is InChI=1S/C15H28N2O2/c1-2-3-11-4-6-12(7-5-11)17-15(18)14-9-8-13(10-16)19-14/h11-14H,2-10,16H2,1H3,(H,17,18). The lowest BCUT2D eigenvalue weighted by Crippen LogP contribution is -2.43. The maximum atomic E-state index is 12.1. The van der Waals surface area contributed by atoms with E-state index in [1.165, 1.54) is 25.7 Å². The molecule has 1 amide bonds. The number of ether oxygens (including phenoxy) is 1. The number of hydrogen-bond acceptors (Lipinski definition) is 3. The van der Waals surface area contributed by atoms with Crippen LogP contribution in [0.25, 0.3) is 0 Å². The molecule has 0 aromatic carbocycles. The van der Waals surface area contributed by atoms with Crippen LogP contribution in [-0.4, -0.2) is 30.7 Å². The zero-order chi connectivity index (χ0) is 13.7. The molecule has 1 saturated carbocycles. The molecule has 0 aromatic rings. The summed E-state index contributed by atoms with van der Waals surface area (Å²) in [6.45, 7) is 2.77. The third kappa shape index (κ3) is 4.18. The van der Waals surface area contributed by atoms with Gasteiger partial charge in [0.2, 0.25) is 5.91 Å². The summed E-state index contributed by atoms with van der Waals surface area (Å²) < 4.78 is 5.64. The Kier molecular flexibility index (Phi) is 5.64. The molecular formula is C15H28N2O2. The van der Waals surface area contributed by atoms with Gasteiger partial charge in [-0.2, -0.15) is 0 Å². The largest absolute Gasteiger partial charge is 0.364 e. The van der Waals surface area contributed by atoms with Gasteiger partial charge in [0, 0.05) is 12.6 Å². The Morgan fingerprint density at radius 1 is 1.21 bits per heavy atom. The van der Waals surface area contributed by atoms with Crippen LogP contribution in [0.3, 0.4) is 0 Å². The van der Waals surface area contributed by atoms with Gasteiger partial charge in [0.15, 0.2) is 0 Å². The van der Waals surface area contributed by atoms with Crippen LogP contribution in [0.4, 0.5) is 0 Å². The van der Waals surface area contributed by atoms with Gasteiger partial charge in [0.1, 0.15) is 6.10 Å². The third-order valence-electron chi connectivity index (χ3n) is 4.55. The highest BCUT2D eigenvalue weighted by Crippen LogP contribution is 2.28. The molecule has 110 valence electrons. The summed E-state index contributed by atoms with van der Waals surface area (Å²) in [5.74, 6) is 0.956. The Balaban J connectivity index is 1.69. The Labute approximate surface area is 116 Å². The van der Waals surface area contributed by atoms with Crippen molar-refractivity contribution in [2.24, 2.45) is 11.7 Å². The maximum absolute atomic E-state index is 12.1. The number of hydrogen-bond donors (Lipinski definition) is 2. The lowest BCUT2D eigenvalue weighted by Gasteiger charge is -2.29. The molecule has 1 aliphatic carbocycles. The minimum Gasteiger partial charge on any atom is -0.364 e. The molecule has 2 rings (SSSR count). The Bertz CT molecular complexity index is 288. The van der Waals surface area contributed by atoms with E-state index in [-0.39, 0.29) is 18.1 Å². The van der Waals surface area contributed by atoms with Crippen LogP contribution in [-0.2, 0) is 9.53 Å². The van der Waals surface area contributed by atoms with Crippen LogP contribution in [0.5, 0.6) is 0 Å². The van der Waals surface area contributed by atoms with E-state index in [0.29, 0.717) is 12.6 Å². The van der Waals surface area contributed by atoms with E-state index in [9.17, 15) is 4.79 Å². The van der Waals surface area contributed by atoms with Crippen molar-refractivity contribution in [3.63, 3.8) is 0 Å². The van der Waals surface area contributed by atoms with Gasteiger partial charge in [-0.25, -0.2) is 0 Å². The summed E-state index contributed by atoms with van der Waals surface area (Å²) in [5, 5.41) is 3.16. The number of nitrogens with two attached hydrogens (primary N) is 1. The Hall–Kier alpha value is -0.610. The zero-order valence-electron chi connectivity index (χ0n) is 12.1. The molecule has 3 N–H and O–H groups in total. The smallest absolute Gasteiger partial charge is 0.249 e. The second-order valence-corrected chi connectivity index (χ2v) is 6.07. The monoisotopic (exact) mass is 268 g/mol. The van der Waals surface area contributed by atoms with Crippen LogP contribution >= 0.6 is 0 Å². The molecule has 1 heterocycles. The van der Waals surface area contributed by atoms with E-state index < -0.39 is 0 Å². The fourth-order valence-electron chi connectivity index (χ4n) is 3.37. The van der Waals surface area contributed by atoms with Crippen LogP contribution in [0, 0.1) is 5.92 Å². The molecule has 2 unspecified atom stereocenters. The molecular weight excluding hydrogens is 240 g/mol. The number of nitrogens with one attached hydrogen (secondary N) is 1. The van der Waals surface area contributed by atoms with Crippen molar-refractivity contribution >= 4 is 5.91 Å². The molecule has 1 aliphatic heterocycles. The average molecular weight is 268 g/mol. The first-order valence-electron chi connectivity index (χ1n) is 7.88. The quantitative estimate of drug-likeness (QED) is 0.801. The zero-order valence-corrected chi connectivity index (χ0v) is 12.1. The first-order valence-corrected chi connectivity index (χ1v) is 7.88. The van der Waals surface area contributed by atoms with Crippen molar-refractivity contribution in [1.82, 2.24) is 5.32 Å². The van der Waals surface area contributed by atoms with Crippen molar-refractivity contribution in [1.29, 1.82) is 0 Å². The fourth-order valence-corrected chi connectivity index (χ4v) is 3.37. The van der Waals surface area contributed by atoms with E-state index >= 15 is 0 Å². The Morgan fingerprint density at radius 3 is 2.53 bits per heavy atom. The number of carbonyl (C=O) groups is 1. The van der Waals surface area contributed by atoms with Gasteiger partial charge in [-0.1, -0.05) is 19.8 Å².